The van der Waals surface area contributed by atoms with Gasteiger partial charge in [0.25, 0.3) is 0 Å². The SMILES string of the molecule is CC1c2cc(c(O)cc2O)C(C)c2cc(c(O)cc2O)C(C)c2cc(c(O)c(Cc3c(O)c4cc(c3O)C(C)c3cc(c(O)cc3O)C(C)c3cc(c(O)cc3O)C(C)c3cc(c(O)cc3O)C4C)c2O)C(C)c2cc1c(O)cc2O. The Hall–Kier alpha value is -9.44. The molecule has 0 heterocycles. The molecule has 16 N–H and O–H groups in total. The van der Waals surface area contributed by atoms with E-state index >= 15 is 0 Å². The van der Waals surface area contributed by atoms with Gasteiger partial charge in [0.2, 0.25) is 0 Å². The van der Waals surface area contributed by atoms with E-state index in [9.17, 15) is 81.7 Å². The van der Waals surface area contributed by atoms with Gasteiger partial charge >= 0.3 is 0 Å². The summed E-state index contributed by atoms with van der Waals surface area (Å²) in [5, 5.41) is 188. The normalized spacial score (nSPS) is 20.4. The molecular weight excluding hydrogens is 1040 g/mol. The highest BCUT2D eigenvalue weighted by molar-refractivity contribution is 5.69. The molecule has 8 atom stereocenters. The Bertz CT molecular complexity index is 3450. The van der Waals surface area contributed by atoms with E-state index in [0.717, 1.165) is 36.4 Å². The number of fused-ring (bicyclic) bond motifs is 16. The Morgan fingerprint density at radius 1 is 0.185 bits per heavy atom. The van der Waals surface area contributed by atoms with Crippen LogP contribution in [0.5, 0.6) is 92.0 Å². The van der Waals surface area contributed by atoms with E-state index in [1.807, 2.05) is 0 Å². The van der Waals surface area contributed by atoms with Crippen LogP contribution in [0.4, 0.5) is 0 Å². The summed E-state index contributed by atoms with van der Waals surface area (Å²) >= 11 is 0. The van der Waals surface area contributed by atoms with Crippen LogP contribution in [0.15, 0.2) is 84.9 Å². The van der Waals surface area contributed by atoms with E-state index < -0.39 is 76.8 Å². The number of benzene rings is 8. The molecule has 0 amide bonds. The molecule has 420 valence electrons. The first-order chi connectivity index (χ1) is 38.1. The fourth-order valence-electron chi connectivity index (χ4n) is 12.5. The minimum atomic E-state index is -0.993. The Labute approximate surface area is 466 Å². The van der Waals surface area contributed by atoms with Crippen LogP contribution >= 0.6 is 0 Å². The highest BCUT2D eigenvalue weighted by Gasteiger charge is 2.35. The van der Waals surface area contributed by atoms with Crippen molar-refractivity contribution in [2.24, 2.45) is 0 Å². The number of aromatic hydroxyl groups is 16. The predicted octanol–water partition coefficient (Wildman–Crippen LogP) is 12.4. The van der Waals surface area contributed by atoms with Crippen molar-refractivity contribution in [1.82, 2.24) is 0 Å². The second-order valence-corrected chi connectivity index (χ2v) is 22.2. The summed E-state index contributed by atoms with van der Waals surface area (Å²) in [5.41, 5.74) is 2.55. The monoisotopic (exact) mass is 1100 g/mol. The topological polar surface area (TPSA) is 324 Å². The second-order valence-electron chi connectivity index (χ2n) is 22.2. The molecule has 16 bridgehead atoms. The van der Waals surface area contributed by atoms with Crippen LogP contribution in [0, 0.1) is 0 Å². The lowest BCUT2D eigenvalue weighted by Gasteiger charge is -2.28. The van der Waals surface area contributed by atoms with Crippen LogP contribution in [-0.4, -0.2) is 81.7 Å². The maximum Gasteiger partial charge on any atom is 0.126 e. The van der Waals surface area contributed by atoms with Gasteiger partial charge in [0.15, 0.2) is 0 Å². The lowest BCUT2D eigenvalue weighted by atomic mass is 9.78. The van der Waals surface area contributed by atoms with Crippen molar-refractivity contribution in [3.63, 3.8) is 0 Å². The highest BCUT2D eigenvalue weighted by Crippen LogP contribution is 2.55. The molecule has 0 fully saturated rings. The van der Waals surface area contributed by atoms with Gasteiger partial charge in [0.1, 0.15) is 92.0 Å². The third kappa shape index (κ3) is 8.76. The van der Waals surface area contributed by atoms with Crippen molar-refractivity contribution in [3.05, 3.63) is 185 Å². The van der Waals surface area contributed by atoms with Gasteiger partial charge in [-0.25, -0.2) is 0 Å². The Morgan fingerprint density at radius 3 is 0.432 bits per heavy atom. The molecule has 8 unspecified atom stereocenters. The molecule has 0 saturated carbocycles. The second kappa shape index (κ2) is 19.7. The first-order valence-electron chi connectivity index (χ1n) is 26.6. The first kappa shape index (κ1) is 54.9. The van der Waals surface area contributed by atoms with Crippen molar-refractivity contribution in [3.8, 4) is 92.0 Å². The Kier molecular flexibility index (Phi) is 13.4. The predicted molar refractivity (Wildman–Crippen MR) is 301 cm³/mol. The highest BCUT2D eigenvalue weighted by atomic mass is 16.3. The van der Waals surface area contributed by atoms with Gasteiger partial charge in [-0.3, -0.25) is 0 Å². The molecule has 8 aromatic rings. The van der Waals surface area contributed by atoms with Crippen molar-refractivity contribution in [2.45, 2.75) is 109 Å². The van der Waals surface area contributed by atoms with Crippen molar-refractivity contribution >= 4 is 0 Å². The van der Waals surface area contributed by atoms with E-state index in [2.05, 4.69) is 0 Å². The molecule has 81 heavy (non-hydrogen) atoms. The maximum absolute atomic E-state index is 12.7. The molecule has 0 saturated heterocycles. The van der Waals surface area contributed by atoms with Gasteiger partial charge in [0, 0.05) is 190 Å². The van der Waals surface area contributed by atoms with Crippen LogP contribution < -0.4 is 0 Å². The van der Waals surface area contributed by atoms with Crippen molar-refractivity contribution in [2.75, 3.05) is 0 Å². The van der Waals surface area contributed by atoms with E-state index in [1.165, 1.54) is 36.4 Å². The summed E-state index contributed by atoms with van der Waals surface area (Å²) in [6.45, 7) is 13.4. The number of rotatable bonds is 2. The lowest BCUT2D eigenvalue weighted by molar-refractivity contribution is 0.416. The van der Waals surface area contributed by atoms with Gasteiger partial charge < -0.3 is 81.7 Å². The minimum Gasteiger partial charge on any atom is -0.508 e. The average Bonchev–Trinajstić information content (AvgIpc) is 3.48. The molecule has 2 aliphatic rings. The molecule has 10 rings (SSSR count). The largest absolute Gasteiger partial charge is 0.508 e. The number of hydrogen-bond acceptors (Lipinski definition) is 16. The molecule has 0 aliphatic heterocycles. The summed E-state index contributed by atoms with van der Waals surface area (Å²) in [6.07, 6.45) is -0.641. The molecule has 2 aliphatic carbocycles. The maximum atomic E-state index is 12.7. The van der Waals surface area contributed by atoms with E-state index in [4.69, 9.17) is 0 Å². The van der Waals surface area contributed by atoms with Crippen molar-refractivity contribution < 1.29 is 81.7 Å². The molecule has 0 spiro atoms. The van der Waals surface area contributed by atoms with Gasteiger partial charge in [-0.1, -0.05) is 55.4 Å². The fraction of sp³-hybridized carbons (Fsp3) is 0.262. The third-order valence-electron chi connectivity index (χ3n) is 17.7. The number of phenolic OH excluding ortho intramolecular Hbond substituents is 16. The summed E-state index contributed by atoms with van der Waals surface area (Å²) in [6, 6.07) is 18.9. The summed E-state index contributed by atoms with van der Waals surface area (Å²) in [5.74, 6) is -13.6. The lowest BCUT2D eigenvalue weighted by Crippen LogP contribution is -2.10. The quantitative estimate of drug-likeness (QED) is 0.0765. The molecule has 16 heteroatoms. The van der Waals surface area contributed by atoms with Gasteiger partial charge in [0.05, 0.1) is 0 Å². The summed E-state index contributed by atoms with van der Waals surface area (Å²) in [4.78, 5) is 0. The third-order valence-corrected chi connectivity index (χ3v) is 17.7. The molecule has 16 nitrogen and oxygen atoms in total. The van der Waals surface area contributed by atoms with E-state index in [-0.39, 0.29) is 169 Å². The van der Waals surface area contributed by atoms with E-state index in [0.29, 0.717) is 0 Å². The smallest absolute Gasteiger partial charge is 0.126 e. The summed E-state index contributed by atoms with van der Waals surface area (Å²) in [7, 11) is 0. The number of phenols is 16. The van der Waals surface area contributed by atoms with E-state index in [1.54, 1.807) is 67.5 Å². The van der Waals surface area contributed by atoms with Gasteiger partial charge in [-0.15, -0.1) is 0 Å². The molecule has 8 aromatic carbocycles. The summed E-state index contributed by atoms with van der Waals surface area (Å²) < 4.78 is 0. The first-order valence-corrected chi connectivity index (χ1v) is 26.6. The molecule has 0 aromatic heterocycles. The van der Waals surface area contributed by atoms with Crippen LogP contribution in [0.3, 0.4) is 0 Å². The van der Waals surface area contributed by atoms with Crippen LogP contribution in [0.2, 0.25) is 0 Å². The fourth-order valence-corrected chi connectivity index (χ4v) is 12.5. The minimum absolute atomic E-state index is 0.0877. The molecular formula is C65H64O16. The zero-order chi connectivity index (χ0) is 58.9. The van der Waals surface area contributed by atoms with Crippen LogP contribution in [-0.2, 0) is 6.42 Å². The van der Waals surface area contributed by atoms with Crippen molar-refractivity contribution in [1.29, 1.82) is 0 Å². The van der Waals surface area contributed by atoms with Crippen LogP contribution in [0.25, 0.3) is 0 Å². The average molecular weight is 1100 g/mol. The zero-order valence-electron chi connectivity index (χ0n) is 45.6. The van der Waals surface area contributed by atoms with Gasteiger partial charge in [-0.05, 0) is 48.5 Å². The van der Waals surface area contributed by atoms with Gasteiger partial charge in [-0.2, -0.15) is 0 Å². The number of hydrogen-bond donors (Lipinski definition) is 16. The Morgan fingerprint density at radius 2 is 0.296 bits per heavy atom. The Balaban J connectivity index is 1.24. The zero-order valence-corrected chi connectivity index (χ0v) is 45.6. The molecule has 0 radical (unpaired) electrons. The van der Waals surface area contributed by atoms with Crippen LogP contribution in [0.1, 0.15) is 203 Å². The standard InChI is InChI=1S/C65H64O16/c1-24-32-9-33(51(67)18-50(32)66)25(2)37-12-41(59(75)21-55(37)71)29(6)45-15-44(28(5)40-11-36(24)54(70)20-58(40)74)62(78)48(63(45)79)17-49-64(80)46-16-47(65(49)81)31(8)43-14-39(57(73)23-61(43)77)27(4)35-10-34(52(68)19-53(35)69)26(3)38-13-42(30(46)7)60(76)22-56(38)72/h9-16,18-31,66-81H,17H2,1-8H3.